The molecule has 1 aromatic carbocycles. The average Bonchev–Trinajstić information content (AvgIpc) is 2.70. The van der Waals surface area contributed by atoms with Crippen LogP contribution in [-0.2, 0) is 14.4 Å². The fraction of sp³-hybridized carbons (Fsp3) is 0.400. The van der Waals surface area contributed by atoms with Gasteiger partial charge in [0.25, 0.3) is 0 Å². The van der Waals surface area contributed by atoms with Crippen molar-refractivity contribution in [3.63, 3.8) is 0 Å². The quantitative estimate of drug-likeness (QED) is 0.477. The second kappa shape index (κ2) is 5.86. The molecular weight excluding hydrogens is 258 g/mol. The zero-order valence-corrected chi connectivity index (χ0v) is 11.6. The summed E-state index contributed by atoms with van der Waals surface area (Å²) in [7, 11) is 0. The Morgan fingerprint density at radius 3 is 2.45 bits per heavy atom. The van der Waals surface area contributed by atoms with Crippen molar-refractivity contribution in [3.8, 4) is 5.75 Å². The third-order valence-corrected chi connectivity index (χ3v) is 3.25. The predicted molar refractivity (Wildman–Crippen MR) is 72.1 cm³/mol. The second-order valence-electron chi connectivity index (χ2n) is 4.93. The van der Waals surface area contributed by atoms with Crippen LogP contribution < -0.4 is 4.74 Å². The molecule has 0 spiro atoms. The fourth-order valence-electron chi connectivity index (χ4n) is 2.16. The molecule has 5 nitrogen and oxygen atoms in total. The highest BCUT2D eigenvalue weighted by Crippen LogP contribution is 2.19. The first-order chi connectivity index (χ1) is 9.47. The Hall–Kier alpha value is -2.17. The van der Waals surface area contributed by atoms with Crippen molar-refractivity contribution in [2.45, 2.75) is 33.1 Å². The van der Waals surface area contributed by atoms with E-state index in [1.807, 2.05) is 26.0 Å². The van der Waals surface area contributed by atoms with Crippen molar-refractivity contribution in [1.29, 1.82) is 0 Å². The van der Waals surface area contributed by atoms with E-state index in [2.05, 4.69) is 0 Å². The molecule has 1 aliphatic rings. The number of amides is 2. The molecule has 0 bridgehead atoms. The zero-order chi connectivity index (χ0) is 14.7. The normalized spacial score (nSPS) is 14.8. The Morgan fingerprint density at radius 1 is 1.20 bits per heavy atom. The van der Waals surface area contributed by atoms with Crippen molar-refractivity contribution in [3.05, 3.63) is 29.3 Å². The van der Waals surface area contributed by atoms with Gasteiger partial charge in [-0.25, -0.2) is 0 Å². The Bertz CT molecular complexity index is 549. The lowest BCUT2D eigenvalue weighted by atomic mass is 10.1. The number of rotatable bonds is 4. The molecule has 2 amide bonds. The molecule has 0 saturated carbocycles. The summed E-state index contributed by atoms with van der Waals surface area (Å²) in [5, 5.41) is 0. The van der Waals surface area contributed by atoms with Crippen molar-refractivity contribution in [2.24, 2.45) is 0 Å². The van der Waals surface area contributed by atoms with Crippen LogP contribution in [0.5, 0.6) is 5.75 Å². The van der Waals surface area contributed by atoms with Gasteiger partial charge in [0.1, 0.15) is 5.75 Å². The van der Waals surface area contributed by atoms with Crippen molar-refractivity contribution >= 4 is 17.8 Å². The van der Waals surface area contributed by atoms with Gasteiger partial charge in [0.2, 0.25) is 11.8 Å². The molecule has 0 atom stereocenters. The summed E-state index contributed by atoms with van der Waals surface area (Å²) in [5.41, 5.74) is 1.97. The Morgan fingerprint density at radius 2 is 1.85 bits per heavy atom. The van der Waals surface area contributed by atoms with E-state index in [9.17, 15) is 14.4 Å². The molecule has 0 aromatic heterocycles. The molecular formula is C15H17NO4. The maximum atomic E-state index is 11.7. The van der Waals surface area contributed by atoms with Crippen LogP contribution in [0.3, 0.4) is 0 Å². The third kappa shape index (κ3) is 3.23. The highest BCUT2D eigenvalue weighted by molar-refractivity contribution is 6.02. The minimum Gasteiger partial charge on any atom is -0.426 e. The molecule has 1 heterocycles. The first-order valence-corrected chi connectivity index (χ1v) is 6.58. The number of carbonyl (C=O) groups excluding carboxylic acids is 3. The summed E-state index contributed by atoms with van der Waals surface area (Å²) in [6.45, 7) is 3.92. The van der Waals surface area contributed by atoms with Crippen molar-refractivity contribution in [1.82, 2.24) is 4.90 Å². The van der Waals surface area contributed by atoms with Gasteiger partial charge < -0.3 is 4.74 Å². The van der Waals surface area contributed by atoms with Crippen LogP contribution in [0.4, 0.5) is 0 Å². The molecule has 0 aliphatic carbocycles. The van der Waals surface area contributed by atoms with Gasteiger partial charge in [-0.2, -0.15) is 0 Å². The lowest BCUT2D eigenvalue weighted by molar-refractivity contribution is -0.140. The number of nitrogens with zero attached hydrogens (tertiary/aromatic N) is 1. The molecule has 1 aliphatic heterocycles. The summed E-state index contributed by atoms with van der Waals surface area (Å²) >= 11 is 0. The summed E-state index contributed by atoms with van der Waals surface area (Å²) in [4.78, 5) is 35.7. The van der Waals surface area contributed by atoms with Crippen molar-refractivity contribution < 1.29 is 19.1 Å². The van der Waals surface area contributed by atoms with Gasteiger partial charge >= 0.3 is 5.97 Å². The number of aryl methyl sites for hydroxylation is 2. The van der Waals surface area contributed by atoms with Gasteiger partial charge in [0.15, 0.2) is 0 Å². The third-order valence-electron chi connectivity index (χ3n) is 3.25. The summed E-state index contributed by atoms with van der Waals surface area (Å²) in [6, 6.07) is 5.54. The van der Waals surface area contributed by atoms with E-state index < -0.39 is 5.97 Å². The minimum absolute atomic E-state index is 0.0186. The molecule has 106 valence electrons. The van der Waals surface area contributed by atoms with Crippen LogP contribution in [0.15, 0.2) is 18.2 Å². The van der Waals surface area contributed by atoms with E-state index in [0.717, 1.165) is 16.0 Å². The number of benzene rings is 1. The molecule has 1 fully saturated rings. The van der Waals surface area contributed by atoms with Crippen LogP contribution in [0, 0.1) is 13.8 Å². The molecule has 5 heteroatoms. The summed E-state index contributed by atoms with van der Waals surface area (Å²) in [5.74, 6) is -0.354. The maximum Gasteiger partial charge on any atom is 0.313 e. The first-order valence-electron chi connectivity index (χ1n) is 6.58. The van der Waals surface area contributed by atoms with Crippen LogP contribution in [0.2, 0.25) is 0 Å². The molecule has 0 radical (unpaired) electrons. The number of likely N-dealkylation sites (tertiary alicyclic amines) is 1. The van der Waals surface area contributed by atoms with Gasteiger partial charge in [-0.3, -0.25) is 19.3 Å². The minimum atomic E-state index is -0.440. The molecule has 20 heavy (non-hydrogen) atoms. The number of ether oxygens (including phenoxy) is 1. The Balaban J connectivity index is 1.89. The number of hydrogen-bond acceptors (Lipinski definition) is 4. The van der Waals surface area contributed by atoms with Gasteiger partial charge in [-0.1, -0.05) is 17.7 Å². The van der Waals surface area contributed by atoms with E-state index >= 15 is 0 Å². The highest BCUT2D eigenvalue weighted by atomic mass is 16.5. The molecule has 0 unspecified atom stereocenters. The van der Waals surface area contributed by atoms with E-state index in [1.54, 1.807) is 6.07 Å². The first kappa shape index (κ1) is 14.2. The summed E-state index contributed by atoms with van der Waals surface area (Å²) in [6.07, 6.45) is 0.501. The lowest BCUT2D eigenvalue weighted by Crippen LogP contribution is -2.32. The van der Waals surface area contributed by atoms with Gasteiger partial charge in [0.05, 0.1) is 6.42 Å². The average molecular weight is 275 g/mol. The fourth-order valence-corrected chi connectivity index (χ4v) is 2.16. The monoisotopic (exact) mass is 275 g/mol. The van der Waals surface area contributed by atoms with Crippen LogP contribution in [0.25, 0.3) is 0 Å². The topological polar surface area (TPSA) is 63.7 Å². The van der Waals surface area contributed by atoms with Crippen LogP contribution in [0.1, 0.15) is 30.4 Å². The number of esters is 1. The Labute approximate surface area is 117 Å². The predicted octanol–water partition coefficient (Wildman–Crippen LogP) is 1.75. The largest absolute Gasteiger partial charge is 0.426 e. The van der Waals surface area contributed by atoms with E-state index in [4.69, 9.17) is 4.74 Å². The molecule has 1 saturated heterocycles. The second-order valence-corrected chi connectivity index (χ2v) is 4.93. The Kier molecular flexibility index (Phi) is 4.17. The number of carbonyl (C=O) groups is 3. The SMILES string of the molecule is Cc1ccc(OC(=O)CCN2C(=O)CCC2=O)c(C)c1. The summed E-state index contributed by atoms with van der Waals surface area (Å²) < 4.78 is 5.24. The number of imide groups is 1. The van der Waals surface area contributed by atoms with Gasteiger partial charge in [0, 0.05) is 19.4 Å². The van der Waals surface area contributed by atoms with E-state index in [1.165, 1.54) is 0 Å². The van der Waals surface area contributed by atoms with Crippen molar-refractivity contribution in [2.75, 3.05) is 6.54 Å². The van der Waals surface area contributed by atoms with E-state index in [0.29, 0.717) is 5.75 Å². The number of hydrogen-bond donors (Lipinski definition) is 0. The molecule has 0 N–H and O–H groups in total. The van der Waals surface area contributed by atoms with Crippen LogP contribution >= 0.6 is 0 Å². The molecule has 2 rings (SSSR count). The smallest absolute Gasteiger partial charge is 0.313 e. The standard InChI is InChI=1S/C15H17NO4/c1-10-3-4-12(11(2)9-10)20-15(19)7-8-16-13(17)5-6-14(16)18/h3-4,9H,5-8H2,1-2H3. The lowest BCUT2D eigenvalue weighted by Gasteiger charge is -2.13. The maximum absolute atomic E-state index is 11.7. The van der Waals surface area contributed by atoms with Gasteiger partial charge in [-0.15, -0.1) is 0 Å². The van der Waals surface area contributed by atoms with Gasteiger partial charge in [-0.05, 0) is 25.5 Å². The molecule has 1 aromatic rings. The van der Waals surface area contributed by atoms with Crippen LogP contribution in [-0.4, -0.2) is 29.2 Å². The zero-order valence-electron chi connectivity index (χ0n) is 11.6. The van der Waals surface area contributed by atoms with E-state index in [-0.39, 0.29) is 37.6 Å². The highest BCUT2D eigenvalue weighted by Gasteiger charge is 2.29.